The van der Waals surface area contributed by atoms with Gasteiger partial charge in [-0.05, 0) is 41.3 Å². The Kier molecular flexibility index (Phi) is 8.12. The number of benzene rings is 2. The number of methoxy groups -OCH3 is 1. The third kappa shape index (κ3) is 6.15. The fourth-order valence-corrected chi connectivity index (χ4v) is 2.72. The fourth-order valence-electron chi connectivity index (χ4n) is 2.72. The summed E-state index contributed by atoms with van der Waals surface area (Å²) in [5.41, 5.74) is 5.86. The Morgan fingerprint density at radius 3 is 2.48 bits per heavy atom. The summed E-state index contributed by atoms with van der Waals surface area (Å²) in [4.78, 5) is 12.3. The summed E-state index contributed by atoms with van der Waals surface area (Å²) in [6.45, 7) is 1.80. The van der Waals surface area contributed by atoms with Gasteiger partial charge in [-0.1, -0.05) is 25.1 Å². The lowest BCUT2D eigenvalue weighted by Crippen LogP contribution is -2.16. The largest absolute Gasteiger partial charge is 0.496 e. The number of carbonyl (C=O) groups excluding carboxylic acids is 1. The number of anilines is 1. The van der Waals surface area contributed by atoms with Gasteiger partial charge in [-0.15, -0.1) is 12.4 Å². The molecule has 0 aromatic heterocycles. The monoisotopic (exact) mass is 402 g/mol. The molecule has 0 radical (unpaired) electrons. The zero-order chi connectivity index (χ0) is 19.3. The van der Waals surface area contributed by atoms with Crippen molar-refractivity contribution < 1.29 is 22.7 Å². The minimum absolute atomic E-state index is 0. The van der Waals surface area contributed by atoms with Crippen LogP contribution < -0.4 is 15.8 Å². The number of alkyl halides is 3. The summed E-state index contributed by atoms with van der Waals surface area (Å²) in [7, 11) is 1.54. The molecule has 2 aromatic carbocycles. The first-order valence-electron chi connectivity index (χ1n) is 8.08. The number of rotatable bonds is 6. The van der Waals surface area contributed by atoms with E-state index in [0.29, 0.717) is 11.3 Å². The molecular weight excluding hydrogens is 381 g/mol. The lowest BCUT2D eigenvalue weighted by Gasteiger charge is -2.16. The van der Waals surface area contributed by atoms with Gasteiger partial charge in [0.2, 0.25) is 5.91 Å². The first-order valence-corrected chi connectivity index (χ1v) is 8.08. The number of ether oxygens (including phenoxy) is 1. The van der Waals surface area contributed by atoms with E-state index in [0.717, 1.165) is 17.7 Å². The van der Waals surface area contributed by atoms with E-state index in [2.05, 4.69) is 5.32 Å². The van der Waals surface area contributed by atoms with Gasteiger partial charge in [0.25, 0.3) is 0 Å². The van der Waals surface area contributed by atoms with Crippen LogP contribution in [0.5, 0.6) is 5.75 Å². The second kappa shape index (κ2) is 9.62. The highest BCUT2D eigenvalue weighted by Gasteiger charge is 2.31. The maximum atomic E-state index is 13.0. The van der Waals surface area contributed by atoms with Crippen molar-refractivity contribution in [3.8, 4) is 5.75 Å². The van der Waals surface area contributed by atoms with E-state index >= 15 is 0 Å². The molecule has 3 N–H and O–H groups in total. The summed E-state index contributed by atoms with van der Waals surface area (Å²) < 4.78 is 44.2. The van der Waals surface area contributed by atoms with E-state index in [9.17, 15) is 18.0 Å². The second-order valence-corrected chi connectivity index (χ2v) is 6.02. The van der Waals surface area contributed by atoms with Crippen LogP contribution in [0.1, 0.15) is 36.0 Å². The van der Waals surface area contributed by atoms with Crippen LogP contribution in [0, 0.1) is 0 Å². The number of para-hydroxylation sites is 1. The molecule has 2 rings (SSSR count). The lowest BCUT2D eigenvalue weighted by molar-refractivity contribution is -0.137. The molecule has 8 heteroatoms. The number of hydrogen-bond acceptors (Lipinski definition) is 3. The molecule has 0 heterocycles. The Bertz CT molecular complexity index is 782. The molecule has 148 valence electrons. The van der Waals surface area contributed by atoms with Crippen molar-refractivity contribution >= 4 is 24.0 Å². The summed E-state index contributed by atoms with van der Waals surface area (Å²) >= 11 is 0. The number of hydrogen-bond donors (Lipinski definition) is 2. The first kappa shape index (κ1) is 22.8. The number of nitrogens with two attached hydrogens (primary N) is 1. The highest BCUT2D eigenvalue weighted by atomic mass is 35.5. The lowest BCUT2D eigenvalue weighted by atomic mass is 9.96. The molecule has 0 spiro atoms. The van der Waals surface area contributed by atoms with Crippen molar-refractivity contribution in [3.05, 3.63) is 59.2 Å². The summed E-state index contributed by atoms with van der Waals surface area (Å²) in [6, 6.07) is 10.6. The zero-order valence-corrected chi connectivity index (χ0v) is 15.8. The normalized spacial score (nSPS) is 12.1. The molecule has 0 saturated carbocycles. The summed E-state index contributed by atoms with van der Waals surface area (Å²) in [5, 5.41) is 2.53. The molecule has 0 aliphatic heterocycles. The number of amides is 1. The zero-order valence-electron chi connectivity index (χ0n) is 15.0. The van der Waals surface area contributed by atoms with Crippen LogP contribution in [0.25, 0.3) is 0 Å². The molecule has 0 aliphatic rings. The van der Waals surface area contributed by atoms with Crippen molar-refractivity contribution in [1.82, 2.24) is 0 Å². The van der Waals surface area contributed by atoms with Crippen molar-refractivity contribution in [2.45, 2.75) is 32.0 Å². The van der Waals surface area contributed by atoms with Crippen molar-refractivity contribution in [1.29, 1.82) is 0 Å². The van der Waals surface area contributed by atoms with Crippen LogP contribution in [-0.4, -0.2) is 13.0 Å². The molecule has 1 amide bonds. The Morgan fingerprint density at radius 1 is 1.22 bits per heavy atom. The minimum atomic E-state index is -4.50. The Labute approximate surface area is 162 Å². The van der Waals surface area contributed by atoms with Gasteiger partial charge >= 0.3 is 6.18 Å². The molecule has 27 heavy (non-hydrogen) atoms. The van der Waals surface area contributed by atoms with E-state index in [1.54, 1.807) is 13.2 Å². The highest BCUT2D eigenvalue weighted by Crippen LogP contribution is 2.32. The van der Waals surface area contributed by atoms with E-state index in [-0.39, 0.29) is 42.9 Å². The molecule has 0 bridgehead atoms. The van der Waals surface area contributed by atoms with Crippen LogP contribution in [0.4, 0.5) is 18.9 Å². The number of nitrogens with one attached hydrogen (secondary N) is 1. The SMILES string of the molecule is COc1ccccc1C(C)CC(=O)Nc1cc(CN)cc(C(F)(F)F)c1.Cl. The van der Waals surface area contributed by atoms with Gasteiger partial charge in [0.05, 0.1) is 12.7 Å². The number of carbonyl (C=O) groups is 1. The van der Waals surface area contributed by atoms with Crippen LogP contribution in [-0.2, 0) is 17.5 Å². The molecule has 1 atom stereocenters. The quantitative estimate of drug-likeness (QED) is 0.734. The van der Waals surface area contributed by atoms with Gasteiger partial charge in [-0.3, -0.25) is 4.79 Å². The smallest absolute Gasteiger partial charge is 0.416 e. The van der Waals surface area contributed by atoms with Crippen LogP contribution in [0.2, 0.25) is 0 Å². The molecule has 0 aliphatic carbocycles. The fraction of sp³-hybridized carbons (Fsp3) is 0.316. The van der Waals surface area contributed by atoms with Crippen molar-refractivity contribution in [2.75, 3.05) is 12.4 Å². The van der Waals surface area contributed by atoms with Crippen molar-refractivity contribution in [2.24, 2.45) is 5.73 Å². The van der Waals surface area contributed by atoms with E-state index in [1.807, 2.05) is 25.1 Å². The Morgan fingerprint density at radius 2 is 1.89 bits per heavy atom. The highest BCUT2D eigenvalue weighted by molar-refractivity contribution is 5.91. The third-order valence-corrected chi connectivity index (χ3v) is 4.00. The predicted molar refractivity (Wildman–Crippen MR) is 101 cm³/mol. The third-order valence-electron chi connectivity index (χ3n) is 4.00. The maximum Gasteiger partial charge on any atom is 0.416 e. The average Bonchev–Trinajstić information content (AvgIpc) is 2.60. The Balaban J connectivity index is 0.00000364. The van der Waals surface area contributed by atoms with E-state index in [4.69, 9.17) is 10.5 Å². The first-order chi connectivity index (χ1) is 12.2. The predicted octanol–water partition coefficient (Wildman–Crippen LogP) is 4.73. The summed E-state index contributed by atoms with van der Waals surface area (Å²) in [5.74, 6) is 0.119. The Hall–Kier alpha value is -2.25. The van der Waals surface area contributed by atoms with Crippen molar-refractivity contribution in [3.63, 3.8) is 0 Å². The second-order valence-electron chi connectivity index (χ2n) is 6.02. The van der Waals surface area contributed by atoms with Gasteiger partial charge in [-0.25, -0.2) is 0 Å². The number of halogens is 4. The van der Waals surface area contributed by atoms with Crippen LogP contribution >= 0.6 is 12.4 Å². The molecule has 4 nitrogen and oxygen atoms in total. The molecule has 2 aromatic rings. The van der Waals surface area contributed by atoms with E-state index in [1.165, 1.54) is 6.07 Å². The average molecular weight is 403 g/mol. The molecule has 0 fully saturated rings. The van der Waals surface area contributed by atoms with Gasteiger partial charge in [0.15, 0.2) is 0 Å². The van der Waals surface area contributed by atoms with Gasteiger partial charge < -0.3 is 15.8 Å². The van der Waals surface area contributed by atoms with E-state index < -0.39 is 11.7 Å². The van der Waals surface area contributed by atoms with Crippen LogP contribution in [0.15, 0.2) is 42.5 Å². The van der Waals surface area contributed by atoms with Gasteiger partial charge in [0, 0.05) is 18.7 Å². The van der Waals surface area contributed by atoms with Crippen LogP contribution in [0.3, 0.4) is 0 Å². The minimum Gasteiger partial charge on any atom is -0.496 e. The summed E-state index contributed by atoms with van der Waals surface area (Å²) in [6.07, 6.45) is -4.40. The molecular formula is C19H22ClF3N2O2. The topological polar surface area (TPSA) is 64.3 Å². The molecule has 1 unspecified atom stereocenters. The molecule has 0 saturated heterocycles. The van der Waals surface area contributed by atoms with Gasteiger partial charge in [-0.2, -0.15) is 13.2 Å². The van der Waals surface area contributed by atoms with Gasteiger partial charge in [0.1, 0.15) is 5.75 Å². The standard InChI is InChI=1S/C19H21F3N2O2.ClH/c1-12(16-5-3-4-6-17(16)26-2)7-18(25)24-15-9-13(11-23)8-14(10-15)19(20,21)22;/h3-6,8-10,12H,7,11,23H2,1-2H3,(H,24,25);1H. The maximum absolute atomic E-state index is 13.0.